The van der Waals surface area contributed by atoms with E-state index in [0.717, 1.165) is 46.9 Å². The zero-order valence-electron chi connectivity index (χ0n) is 15.1. The van der Waals surface area contributed by atoms with Crippen molar-refractivity contribution >= 4 is 27.6 Å². The second kappa shape index (κ2) is 7.09. The van der Waals surface area contributed by atoms with Crippen molar-refractivity contribution in [2.75, 3.05) is 38.8 Å². The summed E-state index contributed by atoms with van der Waals surface area (Å²) < 4.78 is 21.0. The number of hydrogen-bond donors (Lipinski definition) is 0. The van der Waals surface area contributed by atoms with Crippen LogP contribution in [0.25, 0.3) is 22.2 Å². The Balaban J connectivity index is 1.69. The molecule has 0 radical (unpaired) electrons. The van der Waals surface area contributed by atoms with Crippen molar-refractivity contribution in [1.82, 2.24) is 9.36 Å². The molecule has 7 heteroatoms. The van der Waals surface area contributed by atoms with Gasteiger partial charge in [-0.2, -0.15) is 4.37 Å². The smallest absolute Gasteiger partial charge is 0.161 e. The minimum absolute atomic E-state index is 0.229. The van der Waals surface area contributed by atoms with Crippen molar-refractivity contribution in [1.29, 1.82) is 0 Å². The van der Waals surface area contributed by atoms with E-state index in [1.165, 1.54) is 11.5 Å². The summed E-state index contributed by atoms with van der Waals surface area (Å²) in [5, 5.41) is 1.12. The predicted molar refractivity (Wildman–Crippen MR) is 104 cm³/mol. The summed E-state index contributed by atoms with van der Waals surface area (Å²) in [6.07, 6.45) is 2.12. The fraction of sp³-hybridized carbons (Fsp3) is 0.368. The third-order valence-corrected chi connectivity index (χ3v) is 5.46. The number of fused-ring (bicyclic) bond motifs is 1. The van der Waals surface area contributed by atoms with Gasteiger partial charge < -0.3 is 19.1 Å². The maximum absolute atomic E-state index is 5.64. The highest BCUT2D eigenvalue weighted by Gasteiger charge is 2.21. The molecule has 0 aliphatic carbocycles. The Morgan fingerprint density at radius 2 is 2.00 bits per heavy atom. The van der Waals surface area contributed by atoms with E-state index in [4.69, 9.17) is 19.2 Å². The maximum atomic E-state index is 5.64. The van der Waals surface area contributed by atoms with Gasteiger partial charge in [-0.3, -0.25) is 4.98 Å². The number of hydrogen-bond acceptors (Lipinski definition) is 7. The highest BCUT2D eigenvalue weighted by molar-refractivity contribution is 7.11. The highest BCUT2D eigenvalue weighted by atomic mass is 32.1. The van der Waals surface area contributed by atoms with Gasteiger partial charge in [0, 0.05) is 24.8 Å². The quantitative estimate of drug-likeness (QED) is 0.698. The number of morpholine rings is 1. The van der Waals surface area contributed by atoms with Crippen LogP contribution in [0.5, 0.6) is 11.5 Å². The van der Waals surface area contributed by atoms with Crippen molar-refractivity contribution < 1.29 is 14.2 Å². The van der Waals surface area contributed by atoms with Crippen LogP contribution in [-0.4, -0.2) is 49.4 Å². The van der Waals surface area contributed by atoms with E-state index in [1.807, 2.05) is 24.4 Å². The summed E-state index contributed by atoms with van der Waals surface area (Å²) in [6, 6.07) is 7.94. The van der Waals surface area contributed by atoms with Gasteiger partial charge >= 0.3 is 0 Å². The Bertz CT molecular complexity index is 928. The van der Waals surface area contributed by atoms with E-state index in [2.05, 4.69) is 22.3 Å². The molecule has 1 aliphatic heterocycles. The lowest BCUT2D eigenvalue weighted by atomic mass is 10.1. The molecule has 136 valence electrons. The summed E-state index contributed by atoms with van der Waals surface area (Å²) in [5.74, 6) is 1.41. The van der Waals surface area contributed by atoms with E-state index in [9.17, 15) is 0 Å². The van der Waals surface area contributed by atoms with Crippen LogP contribution >= 0.6 is 11.5 Å². The standard InChI is InChI=1S/C19H21N3O3S/c1-12-11-22(6-7-25-12)19-18-15(21-26-19)8-14(10-20-18)13-4-5-16(23-2)17(9-13)24-3/h4-5,8-10,12H,6-7,11H2,1-3H3/t12-/m0/s1. The number of ether oxygens (including phenoxy) is 3. The molecule has 26 heavy (non-hydrogen) atoms. The molecule has 1 aliphatic rings. The fourth-order valence-corrected chi connectivity index (χ4v) is 4.06. The first-order valence-electron chi connectivity index (χ1n) is 8.54. The lowest BCUT2D eigenvalue weighted by molar-refractivity contribution is 0.0535. The van der Waals surface area contributed by atoms with Gasteiger partial charge in [0.05, 0.1) is 26.9 Å². The molecular weight excluding hydrogens is 350 g/mol. The molecule has 3 aromatic rings. The lowest BCUT2D eigenvalue weighted by Gasteiger charge is -2.31. The van der Waals surface area contributed by atoms with Crippen molar-refractivity contribution in [2.45, 2.75) is 13.0 Å². The van der Waals surface area contributed by atoms with Gasteiger partial charge in [-0.1, -0.05) is 6.07 Å². The first-order valence-corrected chi connectivity index (χ1v) is 9.31. The molecule has 0 N–H and O–H groups in total. The van der Waals surface area contributed by atoms with Gasteiger partial charge in [-0.05, 0) is 42.2 Å². The molecule has 2 aromatic heterocycles. The molecule has 1 aromatic carbocycles. The SMILES string of the molecule is COc1ccc(-c2cnc3c(N4CCO[C@@H](C)C4)snc3c2)cc1OC. The number of nitrogens with zero attached hydrogens (tertiary/aromatic N) is 3. The lowest BCUT2D eigenvalue weighted by Crippen LogP contribution is -2.40. The molecule has 1 saturated heterocycles. The third kappa shape index (κ3) is 3.08. The summed E-state index contributed by atoms with van der Waals surface area (Å²) >= 11 is 1.50. The molecule has 0 spiro atoms. The molecule has 3 heterocycles. The molecule has 1 fully saturated rings. The van der Waals surface area contributed by atoms with E-state index in [1.54, 1.807) is 14.2 Å². The van der Waals surface area contributed by atoms with Crippen molar-refractivity contribution in [2.24, 2.45) is 0 Å². The molecule has 4 rings (SSSR count). The van der Waals surface area contributed by atoms with E-state index >= 15 is 0 Å². The zero-order chi connectivity index (χ0) is 18.1. The number of pyridine rings is 1. The van der Waals surface area contributed by atoms with E-state index in [0.29, 0.717) is 11.5 Å². The summed E-state index contributed by atoms with van der Waals surface area (Å²) in [5.41, 5.74) is 3.89. The van der Waals surface area contributed by atoms with Crippen molar-refractivity contribution in [3.05, 3.63) is 30.5 Å². The first-order chi connectivity index (χ1) is 12.7. The number of aromatic nitrogens is 2. The predicted octanol–water partition coefficient (Wildman–Crippen LogP) is 3.60. The Hall–Kier alpha value is -2.38. The normalized spacial score (nSPS) is 17.5. The van der Waals surface area contributed by atoms with Gasteiger partial charge in [0.2, 0.25) is 0 Å². The second-order valence-electron chi connectivity index (χ2n) is 6.28. The van der Waals surface area contributed by atoms with Crippen molar-refractivity contribution in [3.63, 3.8) is 0 Å². The number of methoxy groups -OCH3 is 2. The topological polar surface area (TPSA) is 56.7 Å². The summed E-state index contributed by atoms with van der Waals surface area (Å²) in [6.45, 7) is 4.58. The molecule has 6 nitrogen and oxygen atoms in total. The minimum Gasteiger partial charge on any atom is -0.493 e. The maximum Gasteiger partial charge on any atom is 0.161 e. The van der Waals surface area contributed by atoms with Crippen LogP contribution in [0.3, 0.4) is 0 Å². The average Bonchev–Trinajstić information content (AvgIpc) is 3.10. The van der Waals surface area contributed by atoms with Crippen LogP contribution in [0.2, 0.25) is 0 Å². The molecule has 0 saturated carbocycles. The number of anilines is 1. The van der Waals surface area contributed by atoms with Crippen LogP contribution in [0.15, 0.2) is 30.5 Å². The largest absolute Gasteiger partial charge is 0.493 e. The van der Waals surface area contributed by atoms with E-state index < -0.39 is 0 Å². The first kappa shape index (κ1) is 17.1. The van der Waals surface area contributed by atoms with Gasteiger partial charge in [0.25, 0.3) is 0 Å². The van der Waals surface area contributed by atoms with Crippen LogP contribution in [0.4, 0.5) is 5.00 Å². The number of benzene rings is 1. The molecule has 0 bridgehead atoms. The van der Waals surface area contributed by atoms with Crippen LogP contribution in [-0.2, 0) is 4.74 Å². The average molecular weight is 371 g/mol. The van der Waals surface area contributed by atoms with Gasteiger partial charge in [-0.25, -0.2) is 0 Å². The van der Waals surface area contributed by atoms with Gasteiger partial charge in [-0.15, -0.1) is 0 Å². The third-order valence-electron chi connectivity index (χ3n) is 4.55. The Morgan fingerprint density at radius 3 is 2.77 bits per heavy atom. The van der Waals surface area contributed by atoms with Crippen LogP contribution in [0, 0.1) is 0 Å². The second-order valence-corrected chi connectivity index (χ2v) is 7.03. The minimum atomic E-state index is 0.229. The Morgan fingerprint density at radius 1 is 1.15 bits per heavy atom. The summed E-state index contributed by atoms with van der Waals surface area (Å²) in [7, 11) is 3.27. The fourth-order valence-electron chi connectivity index (χ4n) is 3.21. The van der Waals surface area contributed by atoms with Crippen molar-refractivity contribution in [3.8, 4) is 22.6 Å². The zero-order valence-corrected chi connectivity index (χ0v) is 15.9. The highest BCUT2D eigenvalue weighted by Crippen LogP contribution is 2.35. The monoisotopic (exact) mass is 371 g/mol. The number of rotatable bonds is 4. The molecular formula is C19H21N3O3S. The van der Waals surface area contributed by atoms with Gasteiger partial charge in [0.15, 0.2) is 11.5 Å². The Kier molecular flexibility index (Phi) is 4.65. The molecule has 1 atom stereocenters. The molecule has 0 unspecified atom stereocenters. The van der Waals surface area contributed by atoms with E-state index in [-0.39, 0.29) is 6.10 Å². The molecule has 0 amide bonds. The van der Waals surface area contributed by atoms with Crippen LogP contribution in [0.1, 0.15) is 6.92 Å². The van der Waals surface area contributed by atoms with Crippen LogP contribution < -0.4 is 14.4 Å². The Labute approximate surface area is 156 Å². The summed E-state index contributed by atoms with van der Waals surface area (Å²) in [4.78, 5) is 7.03. The van der Waals surface area contributed by atoms with Gasteiger partial charge in [0.1, 0.15) is 16.0 Å².